The molecule has 1 aromatic heterocycles. The minimum Gasteiger partial charge on any atom is -0.354 e. The Hall–Kier alpha value is -3.13. The minimum atomic E-state index is -1.52. The summed E-state index contributed by atoms with van der Waals surface area (Å²) in [5.41, 5.74) is 0.614. The molecule has 0 aliphatic carbocycles. The molecule has 0 bridgehead atoms. The highest BCUT2D eigenvalue weighted by Gasteiger charge is 2.19. The number of benzene rings is 2. The fourth-order valence-corrected chi connectivity index (χ4v) is 3.17. The highest BCUT2D eigenvalue weighted by atomic mass is 19.2. The van der Waals surface area contributed by atoms with Crippen molar-refractivity contribution in [2.24, 2.45) is 0 Å². The van der Waals surface area contributed by atoms with E-state index in [-0.39, 0.29) is 5.69 Å². The van der Waals surface area contributed by atoms with Gasteiger partial charge in [-0.3, -0.25) is 0 Å². The molecule has 8 heteroatoms. The van der Waals surface area contributed by atoms with Crippen LogP contribution < -0.4 is 10.2 Å². The summed E-state index contributed by atoms with van der Waals surface area (Å²) in [6, 6.07) is 13.1. The zero-order valence-corrected chi connectivity index (χ0v) is 15.9. The quantitative estimate of drug-likeness (QED) is 0.671. The average Bonchev–Trinajstić information content (AvgIpc) is 2.75. The van der Waals surface area contributed by atoms with E-state index in [2.05, 4.69) is 32.1 Å². The smallest absolute Gasteiger partial charge is 0.196 e. The maximum atomic E-state index is 14.1. The van der Waals surface area contributed by atoms with E-state index in [9.17, 15) is 13.2 Å². The first-order chi connectivity index (χ1) is 14.0. The van der Waals surface area contributed by atoms with Gasteiger partial charge in [0.1, 0.15) is 11.6 Å². The molecule has 150 valence electrons. The topological polar surface area (TPSA) is 44.3 Å². The Labute approximate surface area is 166 Å². The number of aromatic nitrogens is 2. The van der Waals surface area contributed by atoms with Gasteiger partial charge in [0.25, 0.3) is 0 Å². The van der Waals surface area contributed by atoms with E-state index in [1.807, 2.05) is 30.3 Å². The van der Waals surface area contributed by atoms with Gasteiger partial charge in [-0.25, -0.2) is 23.1 Å². The number of hydrogen-bond donors (Lipinski definition) is 1. The zero-order chi connectivity index (χ0) is 20.4. The normalized spacial score (nSPS) is 14.8. The van der Waals surface area contributed by atoms with Crippen LogP contribution in [0.5, 0.6) is 0 Å². The number of piperazine rings is 1. The van der Waals surface area contributed by atoms with Gasteiger partial charge in [-0.05, 0) is 19.2 Å². The molecule has 5 nitrogen and oxygen atoms in total. The summed E-state index contributed by atoms with van der Waals surface area (Å²) in [4.78, 5) is 13.5. The van der Waals surface area contributed by atoms with Gasteiger partial charge in [0.2, 0.25) is 0 Å². The third-order valence-electron chi connectivity index (χ3n) is 4.87. The summed E-state index contributed by atoms with van der Waals surface area (Å²) in [6.45, 7) is 3.37. The fourth-order valence-electron chi connectivity index (χ4n) is 3.17. The van der Waals surface area contributed by atoms with Crippen LogP contribution in [-0.4, -0.2) is 48.1 Å². The molecule has 1 aliphatic rings. The molecular formula is C21H20F3N5. The van der Waals surface area contributed by atoms with Crippen LogP contribution >= 0.6 is 0 Å². The number of rotatable bonds is 4. The van der Waals surface area contributed by atoms with E-state index in [4.69, 9.17) is 0 Å². The molecular weight excluding hydrogens is 379 g/mol. The Kier molecular flexibility index (Phi) is 5.35. The van der Waals surface area contributed by atoms with Gasteiger partial charge in [0, 0.05) is 37.8 Å². The summed E-state index contributed by atoms with van der Waals surface area (Å²) >= 11 is 0. The molecule has 4 rings (SSSR count). The first-order valence-electron chi connectivity index (χ1n) is 9.30. The lowest BCUT2D eigenvalue weighted by atomic mass is 10.2. The second-order valence-corrected chi connectivity index (χ2v) is 6.94. The van der Waals surface area contributed by atoms with Crippen LogP contribution in [-0.2, 0) is 0 Å². The maximum absolute atomic E-state index is 14.1. The van der Waals surface area contributed by atoms with Crippen LogP contribution in [0.1, 0.15) is 0 Å². The molecule has 0 unspecified atom stereocenters. The fraction of sp³-hybridized carbons (Fsp3) is 0.238. The lowest BCUT2D eigenvalue weighted by Gasteiger charge is -2.33. The Bertz CT molecular complexity index is 1000. The number of anilines is 3. The van der Waals surface area contributed by atoms with Crippen molar-refractivity contribution >= 4 is 17.3 Å². The molecule has 1 fully saturated rings. The van der Waals surface area contributed by atoms with E-state index in [0.717, 1.165) is 43.9 Å². The molecule has 2 heterocycles. The minimum absolute atomic E-state index is 0.189. The lowest BCUT2D eigenvalue weighted by molar-refractivity contribution is 0.312. The molecule has 1 N–H and O–H groups in total. The molecule has 3 aromatic rings. The van der Waals surface area contributed by atoms with Crippen molar-refractivity contribution in [3.63, 3.8) is 0 Å². The van der Waals surface area contributed by atoms with Crippen molar-refractivity contribution in [1.82, 2.24) is 14.9 Å². The molecule has 0 saturated carbocycles. The average molecular weight is 399 g/mol. The molecule has 0 amide bonds. The van der Waals surface area contributed by atoms with Crippen LogP contribution in [0, 0.1) is 17.5 Å². The van der Waals surface area contributed by atoms with Crippen LogP contribution in [0.25, 0.3) is 11.4 Å². The van der Waals surface area contributed by atoms with Crippen LogP contribution in [0.3, 0.4) is 0 Å². The van der Waals surface area contributed by atoms with Crippen molar-refractivity contribution in [3.8, 4) is 11.4 Å². The van der Waals surface area contributed by atoms with Crippen LogP contribution in [0.4, 0.5) is 30.5 Å². The third kappa shape index (κ3) is 4.17. The summed E-state index contributed by atoms with van der Waals surface area (Å²) < 4.78 is 41.0. The number of hydrogen-bond acceptors (Lipinski definition) is 5. The van der Waals surface area contributed by atoms with Gasteiger partial charge in [-0.1, -0.05) is 30.3 Å². The summed E-state index contributed by atoms with van der Waals surface area (Å²) in [5.74, 6) is -2.58. The predicted octanol–water partition coefficient (Wildman–Crippen LogP) is 4.06. The van der Waals surface area contributed by atoms with Gasteiger partial charge >= 0.3 is 0 Å². The predicted molar refractivity (Wildman–Crippen MR) is 107 cm³/mol. The van der Waals surface area contributed by atoms with Crippen molar-refractivity contribution in [1.29, 1.82) is 0 Å². The Morgan fingerprint density at radius 2 is 1.59 bits per heavy atom. The number of likely N-dealkylation sites (N-methyl/N-ethyl adjacent to an activating group) is 1. The van der Waals surface area contributed by atoms with Crippen molar-refractivity contribution in [2.45, 2.75) is 0 Å². The molecule has 0 spiro atoms. The first kappa shape index (κ1) is 19.2. The van der Waals surface area contributed by atoms with E-state index in [0.29, 0.717) is 17.5 Å². The maximum Gasteiger partial charge on any atom is 0.196 e. The largest absolute Gasteiger partial charge is 0.354 e. The molecule has 29 heavy (non-hydrogen) atoms. The van der Waals surface area contributed by atoms with Crippen molar-refractivity contribution in [2.75, 3.05) is 43.4 Å². The summed E-state index contributed by atoms with van der Waals surface area (Å²) in [7, 11) is 2.06. The van der Waals surface area contributed by atoms with Crippen molar-refractivity contribution in [3.05, 3.63) is 66.0 Å². The first-order valence-corrected chi connectivity index (χ1v) is 9.30. The van der Waals surface area contributed by atoms with E-state index in [1.54, 1.807) is 6.07 Å². The highest BCUT2D eigenvalue weighted by molar-refractivity contribution is 5.66. The SMILES string of the molecule is CN1CCN(c2cc(Nc3ccc(F)c(F)c3F)nc(-c3ccccc3)n2)CC1. The van der Waals surface area contributed by atoms with Crippen molar-refractivity contribution < 1.29 is 13.2 Å². The zero-order valence-electron chi connectivity index (χ0n) is 15.9. The van der Waals surface area contributed by atoms with Crippen LogP contribution in [0.15, 0.2) is 48.5 Å². The second-order valence-electron chi connectivity index (χ2n) is 6.94. The number of halogens is 3. The van der Waals surface area contributed by atoms with Crippen LogP contribution in [0.2, 0.25) is 0 Å². The van der Waals surface area contributed by atoms with Gasteiger partial charge < -0.3 is 15.1 Å². The second kappa shape index (κ2) is 8.08. The van der Waals surface area contributed by atoms with Gasteiger partial charge in [-0.15, -0.1) is 0 Å². The highest BCUT2D eigenvalue weighted by Crippen LogP contribution is 2.27. The van der Waals surface area contributed by atoms with E-state index < -0.39 is 17.5 Å². The molecule has 0 atom stereocenters. The molecule has 2 aromatic carbocycles. The molecule has 1 saturated heterocycles. The molecule has 0 radical (unpaired) electrons. The Morgan fingerprint density at radius 3 is 2.31 bits per heavy atom. The standard InChI is InChI=1S/C21H20F3N5/c1-28-9-11-29(12-10-28)18-13-17(25-16-8-7-15(22)19(23)20(16)24)26-21(27-18)14-5-3-2-4-6-14/h2-8,13H,9-12H2,1H3,(H,25,26,27). The van der Waals surface area contributed by atoms with Gasteiger partial charge in [-0.2, -0.15) is 0 Å². The van der Waals surface area contributed by atoms with Gasteiger partial charge in [0.15, 0.2) is 23.3 Å². The lowest BCUT2D eigenvalue weighted by Crippen LogP contribution is -2.44. The summed E-state index contributed by atoms with van der Waals surface area (Å²) in [6.07, 6.45) is 0. The monoisotopic (exact) mass is 399 g/mol. The summed E-state index contributed by atoms with van der Waals surface area (Å²) in [5, 5.41) is 2.77. The number of nitrogens with zero attached hydrogens (tertiary/aromatic N) is 4. The number of nitrogens with one attached hydrogen (secondary N) is 1. The van der Waals surface area contributed by atoms with E-state index in [1.165, 1.54) is 0 Å². The molecule has 1 aliphatic heterocycles. The Balaban J connectivity index is 1.73. The third-order valence-corrected chi connectivity index (χ3v) is 4.87. The van der Waals surface area contributed by atoms with Gasteiger partial charge in [0.05, 0.1) is 5.69 Å². The van der Waals surface area contributed by atoms with E-state index >= 15 is 0 Å². The Morgan fingerprint density at radius 1 is 0.862 bits per heavy atom.